The molecule has 1 unspecified atom stereocenters. The van der Waals surface area contributed by atoms with Crippen molar-refractivity contribution in [1.82, 2.24) is 9.88 Å². The van der Waals surface area contributed by atoms with Gasteiger partial charge in [-0.3, -0.25) is 4.79 Å². The van der Waals surface area contributed by atoms with Crippen molar-refractivity contribution in [3.63, 3.8) is 0 Å². The van der Waals surface area contributed by atoms with E-state index in [9.17, 15) is 9.90 Å². The normalized spacial score (nSPS) is 12.5. The Balaban J connectivity index is 2.41. The number of hydrogen-bond acceptors (Lipinski definition) is 2. The highest BCUT2D eigenvalue weighted by atomic mass is 16.3. The van der Waals surface area contributed by atoms with Crippen molar-refractivity contribution in [2.75, 3.05) is 6.54 Å². The van der Waals surface area contributed by atoms with Crippen LogP contribution < -0.4 is 5.32 Å². The van der Waals surface area contributed by atoms with E-state index in [0.717, 1.165) is 5.56 Å². The van der Waals surface area contributed by atoms with Gasteiger partial charge in [-0.25, -0.2) is 0 Å². The fourth-order valence-corrected chi connectivity index (χ4v) is 1.36. The van der Waals surface area contributed by atoms with Gasteiger partial charge in [-0.2, -0.15) is 0 Å². The lowest BCUT2D eigenvalue weighted by Crippen LogP contribution is -2.23. The van der Waals surface area contributed by atoms with E-state index in [1.807, 2.05) is 30.0 Å². The lowest BCUT2D eigenvalue weighted by atomic mass is 10.2. The second-order valence-corrected chi connectivity index (χ2v) is 3.56. The summed E-state index contributed by atoms with van der Waals surface area (Å²) in [6.07, 6.45) is 3.77. The molecule has 1 heterocycles. The minimum absolute atomic E-state index is 0.0600. The number of aromatic nitrogens is 1. The van der Waals surface area contributed by atoms with Gasteiger partial charge in [0.2, 0.25) is 5.91 Å². The number of hydrogen-bond donors (Lipinski definition) is 2. The zero-order valence-electron chi connectivity index (χ0n) is 9.23. The Morgan fingerprint density at radius 3 is 2.93 bits per heavy atom. The Hall–Kier alpha value is -1.29. The summed E-state index contributed by atoms with van der Waals surface area (Å²) in [6.45, 7) is 4.95. The minimum Gasteiger partial charge on any atom is -0.389 e. The number of aryl methyl sites for hydroxylation is 1. The maximum atomic E-state index is 11.2. The van der Waals surface area contributed by atoms with Crippen molar-refractivity contribution in [1.29, 1.82) is 0 Å². The molecule has 0 aliphatic rings. The zero-order valence-corrected chi connectivity index (χ0v) is 9.23. The Morgan fingerprint density at radius 1 is 1.67 bits per heavy atom. The van der Waals surface area contributed by atoms with Crippen molar-refractivity contribution in [3.8, 4) is 0 Å². The first-order valence-electron chi connectivity index (χ1n) is 5.24. The molecular weight excluding hydrogens is 192 g/mol. The Kier molecular flexibility index (Phi) is 4.37. The van der Waals surface area contributed by atoms with Crippen LogP contribution in [-0.2, 0) is 11.3 Å². The molecule has 1 aromatic heterocycles. The SMILES string of the molecule is CCNC(=O)CCn1ccc(C(C)O)c1. The first-order chi connectivity index (χ1) is 7.13. The van der Waals surface area contributed by atoms with Gasteiger partial charge in [0.25, 0.3) is 0 Å². The molecule has 84 valence electrons. The molecule has 0 saturated carbocycles. The number of rotatable bonds is 5. The average Bonchev–Trinajstić information content (AvgIpc) is 2.63. The number of aliphatic hydroxyl groups excluding tert-OH is 1. The maximum Gasteiger partial charge on any atom is 0.221 e. The number of carbonyl (C=O) groups excluding carboxylic acids is 1. The van der Waals surface area contributed by atoms with E-state index in [0.29, 0.717) is 19.5 Å². The van der Waals surface area contributed by atoms with E-state index in [2.05, 4.69) is 5.32 Å². The number of nitrogens with zero attached hydrogens (tertiary/aromatic N) is 1. The first-order valence-corrected chi connectivity index (χ1v) is 5.24. The van der Waals surface area contributed by atoms with E-state index >= 15 is 0 Å². The summed E-state index contributed by atoms with van der Waals surface area (Å²) in [5, 5.41) is 12.0. The van der Waals surface area contributed by atoms with Crippen LogP contribution in [0.1, 0.15) is 31.9 Å². The molecule has 0 fully saturated rings. The van der Waals surface area contributed by atoms with Crippen molar-refractivity contribution in [3.05, 3.63) is 24.0 Å². The molecule has 2 N–H and O–H groups in total. The van der Waals surface area contributed by atoms with Crippen LogP contribution in [0.25, 0.3) is 0 Å². The maximum absolute atomic E-state index is 11.2. The quantitative estimate of drug-likeness (QED) is 0.763. The Bertz CT molecular complexity index is 318. The van der Waals surface area contributed by atoms with Gasteiger partial charge in [-0.15, -0.1) is 0 Å². The predicted molar refractivity (Wildman–Crippen MR) is 58.4 cm³/mol. The van der Waals surface area contributed by atoms with Crippen molar-refractivity contribution in [2.45, 2.75) is 32.9 Å². The van der Waals surface area contributed by atoms with Crippen LogP contribution in [0.3, 0.4) is 0 Å². The van der Waals surface area contributed by atoms with E-state index < -0.39 is 6.10 Å². The molecule has 0 saturated heterocycles. The van der Waals surface area contributed by atoms with Crippen molar-refractivity contribution >= 4 is 5.91 Å². The number of amides is 1. The van der Waals surface area contributed by atoms with Crippen molar-refractivity contribution in [2.24, 2.45) is 0 Å². The number of nitrogens with one attached hydrogen (secondary N) is 1. The van der Waals surface area contributed by atoms with E-state index in [1.54, 1.807) is 6.92 Å². The van der Waals surface area contributed by atoms with E-state index in [-0.39, 0.29) is 5.91 Å². The Labute approximate surface area is 89.9 Å². The van der Waals surface area contributed by atoms with E-state index in [1.165, 1.54) is 0 Å². The minimum atomic E-state index is -0.448. The van der Waals surface area contributed by atoms with Gasteiger partial charge in [0.15, 0.2) is 0 Å². The predicted octanol–water partition coefficient (Wildman–Crippen LogP) is 1.07. The van der Waals surface area contributed by atoms with Gasteiger partial charge in [0, 0.05) is 31.9 Å². The summed E-state index contributed by atoms with van der Waals surface area (Å²) in [6, 6.07) is 1.86. The van der Waals surface area contributed by atoms with Gasteiger partial charge in [-0.05, 0) is 25.5 Å². The van der Waals surface area contributed by atoms with Crippen LogP contribution in [-0.4, -0.2) is 22.1 Å². The summed E-state index contributed by atoms with van der Waals surface area (Å²) in [7, 11) is 0. The summed E-state index contributed by atoms with van der Waals surface area (Å²) in [5.74, 6) is 0.0600. The molecule has 15 heavy (non-hydrogen) atoms. The summed E-state index contributed by atoms with van der Waals surface area (Å²) in [4.78, 5) is 11.2. The molecule has 4 nitrogen and oxygen atoms in total. The third kappa shape index (κ3) is 3.75. The van der Waals surface area contributed by atoms with Gasteiger partial charge < -0.3 is 15.0 Å². The van der Waals surface area contributed by atoms with Gasteiger partial charge >= 0.3 is 0 Å². The molecule has 0 aromatic carbocycles. The van der Waals surface area contributed by atoms with Crippen LogP contribution in [0.5, 0.6) is 0 Å². The van der Waals surface area contributed by atoms with Crippen LogP contribution in [0.4, 0.5) is 0 Å². The highest BCUT2D eigenvalue weighted by Crippen LogP contribution is 2.11. The fourth-order valence-electron chi connectivity index (χ4n) is 1.36. The van der Waals surface area contributed by atoms with Gasteiger partial charge in [0.05, 0.1) is 6.10 Å². The fraction of sp³-hybridized carbons (Fsp3) is 0.545. The first kappa shape index (κ1) is 11.8. The molecular formula is C11H18N2O2. The van der Waals surface area contributed by atoms with Gasteiger partial charge in [0.1, 0.15) is 0 Å². The zero-order chi connectivity index (χ0) is 11.3. The number of aliphatic hydroxyl groups is 1. The Morgan fingerprint density at radius 2 is 2.40 bits per heavy atom. The lowest BCUT2D eigenvalue weighted by molar-refractivity contribution is -0.121. The van der Waals surface area contributed by atoms with E-state index in [4.69, 9.17) is 0 Å². The third-order valence-corrected chi connectivity index (χ3v) is 2.23. The lowest BCUT2D eigenvalue weighted by Gasteiger charge is -2.03. The molecule has 0 aliphatic heterocycles. The van der Waals surface area contributed by atoms with Crippen LogP contribution in [0, 0.1) is 0 Å². The second kappa shape index (κ2) is 5.56. The third-order valence-electron chi connectivity index (χ3n) is 2.23. The summed E-state index contributed by atoms with van der Waals surface area (Å²) in [5.41, 5.74) is 0.880. The smallest absolute Gasteiger partial charge is 0.221 e. The monoisotopic (exact) mass is 210 g/mol. The molecule has 1 rings (SSSR count). The van der Waals surface area contributed by atoms with Crippen LogP contribution in [0.2, 0.25) is 0 Å². The summed E-state index contributed by atoms with van der Waals surface area (Å²) < 4.78 is 1.91. The summed E-state index contributed by atoms with van der Waals surface area (Å²) >= 11 is 0. The molecule has 0 radical (unpaired) electrons. The molecule has 0 bridgehead atoms. The molecule has 1 aromatic rings. The topological polar surface area (TPSA) is 54.3 Å². The van der Waals surface area contributed by atoms with Crippen LogP contribution >= 0.6 is 0 Å². The van der Waals surface area contributed by atoms with Crippen molar-refractivity contribution < 1.29 is 9.90 Å². The number of carbonyl (C=O) groups is 1. The van der Waals surface area contributed by atoms with Crippen LogP contribution in [0.15, 0.2) is 18.5 Å². The molecule has 4 heteroatoms. The molecule has 1 amide bonds. The van der Waals surface area contributed by atoms with Gasteiger partial charge in [-0.1, -0.05) is 0 Å². The molecule has 0 aliphatic carbocycles. The largest absolute Gasteiger partial charge is 0.389 e. The average molecular weight is 210 g/mol. The highest BCUT2D eigenvalue weighted by Gasteiger charge is 2.04. The molecule has 1 atom stereocenters. The highest BCUT2D eigenvalue weighted by molar-refractivity contribution is 5.75. The molecule has 0 spiro atoms. The standard InChI is InChI=1S/C11H18N2O2/c1-3-12-11(15)5-7-13-6-4-10(8-13)9(2)14/h4,6,8-9,14H,3,5,7H2,1-2H3,(H,12,15). The second-order valence-electron chi connectivity index (χ2n) is 3.56.